The first kappa shape index (κ1) is 16.2. The molecule has 0 aliphatic rings. The van der Waals surface area contributed by atoms with E-state index in [-0.39, 0.29) is 27.8 Å². The minimum Gasteiger partial charge on any atom is -0.478 e. The van der Waals surface area contributed by atoms with Gasteiger partial charge in [-0.2, -0.15) is 0 Å². The molecule has 0 saturated carbocycles. The summed E-state index contributed by atoms with van der Waals surface area (Å²) in [5, 5.41) is 13.5. The Bertz CT molecular complexity index is 1020. The van der Waals surface area contributed by atoms with Crippen LogP contribution in [0.15, 0.2) is 29.2 Å². The number of carboxylic acids is 1. The van der Waals surface area contributed by atoms with E-state index < -0.39 is 17.3 Å². The van der Waals surface area contributed by atoms with Crippen LogP contribution in [0.2, 0.25) is 5.02 Å². The van der Waals surface area contributed by atoms with E-state index in [0.29, 0.717) is 11.1 Å². The summed E-state index contributed by atoms with van der Waals surface area (Å²) >= 11 is 5.75. The summed E-state index contributed by atoms with van der Waals surface area (Å²) < 4.78 is 14.5. The zero-order chi connectivity index (χ0) is 17.6. The van der Waals surface area contributed by atoms with Crippen molar-refractivity contribution in [2.45, 2.75) is 19.8 Å². The van der Waals surface area contributed by atoms with Crippen molar-refractivity contribution in [2.75, 3.05) is 0 Å². The van der Waals surface area contributed by atoms with Crippen LogP contribution in [0.5, 0.6) is 0 Å². The molecule has 3 aromatic rings. The number of nitrogens with zero attached hydrogens (tertiary/aromatic N) is 2. The molecular formula is C16H13ClFN3O3. The fourth-order valence-electron chi connectivity index (χ4n) is 2.64. The molecule has 24 heavy (non-hydrogen) atoms. The molecule has 2 heterocycles. The van der Waals surface area contributed by atoms with E-state index in [1.807, 2.05) is 0 Å². The third-order valence-corrected chi connectivity index (χ3v) is 3.97. The maximum Gasteiger partial charge on any atom is 0.337 e. The first-order valence-electron chi connectivity index (χ1n) is 7.14. The van der Waals surface area contributed by atoms with Crippen LogP contribution in [0.25, 0.3) is 16.9 Å². The van der Waals surface area contributed by atoms with Crippen molar-refractivity contribution in [2.24, 2.45) is 0 Å². The smallest absolute Gasteiger partial charge is 0.337 e. The van der Waals surface area contributed by atoms with Crippen LogP contribution >= 0.6 is 11.6 Å². The molecule has 3 rings (SSSR count). The number of aromatic carboxylic acids is 1. The molecule has 0 saturated heterocycles. The summed E-state index contributed by atoms with van der Waals surface area (Å²) in [4.78, 5) is 26.5. The Labute approximate surface area is 140 Å². The zero-order valence-electron chi connectivity index (χ0n) is 12.8. The summed E-state index contributed by atoms with van der Waals surface area (Å²) in [7, 11) is 0. The third kappa shape index (κ3) is 2.56. The van der Waals surface area contributed by atoms with E-state index in [1.165, 1.54) is 28.9 Å². The van der Waals surface area contributed by atoms with Crippen LogP contribution < -0.4 is 5.56 Å². The lowest BCUT2D eigenvalue weighted by atomic mass is 10.0. The summed E-state index contributed by atoms with van der Waals surface area (Å²) in [6.07, 6.45) is 1.30. The number of rotatable bonds is 3. The normalized spacial score (nSPS) is 11.4. The Morgan fingerprint density at radius 3 is 2.71 bits per heavy atom. The molecule has 0 atom stereocenters. The molecule has 1 aromatic carbocycles. The van der Waals surface area contributed by atoms with Crippen molar-refractivity contribution >= 4 is 23.1 Å². The average molecular weight is 350 g/mol. The van der Waals surface area contributed by atoms with E-state index in [9.17, 15) is 19.1 Å². The average Bonchev–Trinajstić information content (AvgIpc) is 2.90. The highest BCUT2D eigenvalue weighted by molar-refractivity contribution is 6.31. The molecule has 0 amide bonds. The van der Waals surface area contributed by atoms with Gasteiger partial charge in [-0.25, -0.2) is 13.7 Å². The van der Waals surface area contributed by atoms with Gasteiger partial charge in [0.1, 0.15) is 11.3 Å². The molecule has 0 fully saturated rings. The number of carboxylic acid groups (broad SMARTS) is 1. The lowest BCUT2D eigenvalue weighted by molar-refractivity contribution is 0.0695. The highest BCUT2D eigenvalue weighted by Gasteiger charge is 2.22. The molecule has 0 aliphatic carbocycles. The Kier molecular flexibility index (Phi) is 3.88. The number of carbonyl (C=O) groups is 1. The van der Waals surface area contributed by atoms with Crippen LogP contribution in [0.3, 0.4) is 0 Å². The monoisotopic (exact) mass is 349 g/mol. The second-order valence-corrected chi connectivity index (χ2v) is 6.05. The predicted octanol–water partition coefficient (Wildman–Crippen LogP) is 3.30. The Morgan fingerprint density at radius 1 is 1.42 bits per heavy atom. The van der Waals surface area contributed by atoms with Gasteiger partial charge in [-0.3, -0.25) is 4.79 Å². The highest BCUT2D eigenvalue weighted by Crippen LogP contribution is 2.26. The summed E-state index contributed by atoms with van der Waals surface area (Å²) in [5.41, 5.74) is 0.560. The van der Waals surface area contributed by atoms with Crippen LogP contribution in [0.4, 0.5) is 4.39 Å². The summed E-state index contributed by atoms with van der Waals surface area (Å²) in [6.45, 7) is 3.60. The van der Waals surface area contributed by atoms with Gasteiger partial charge in [0.2, 0.25) is 0 Å². The molecule has 2 N–H and O–H groups in total. The quantitative estimate of drug-likeness (QED) is 0.759. The maximum absolute atomic E-state index is 13.3. The summed E-state index contributed by atoms with van der Waals surface area (Å²) in [6, 6.07) is 3.93. The van der Waals surface area contributed by atoms with Gasteiger partial charge >= 0.3 is 5.97 Å². The van der Waals surface area contributed by atoms with Gasteiger partial charge < -0.3 is 10.1 Å². The number of hydrogen-bond acceptors (Lipinski definition) is 3. The molecule has 0 aliphatic heterocycles. The fraction of sp³-hybridized carbons (Fsp3) is 0.188. The number of fused-ring (bicyclic) bond motifs is 1. The maximum atomic E-state index is 13.3. The number of aromatic nitrogens is 3. The van der Waals surface area contributed by atoms with Gasteiger partial charge in [-0.1, -0.05) is 25.4 Å². The zero-order valence-corrected chi connectivity index (χ0v) is 13.6. The van der Waals surface area contributed by atoms with Gasteiger partial charge in [0.25, 0.3) is 5.56 Å². The van der Waals surface area contributed by atoms with E-state index in [2.05, 4.69) is 10.1 Å². The number of halogens is 2. The Morgan fingerprint density at radius 2 is 2.12 bits per heavy atom. The second kappa shape index (κ2) is 5.76. The van der Waals surface area contributed by atoms with E-state index in [0.717, 1.165) is 0 Å². The molecular weight excluding hydrogens is 337 g/mol. The number of H-pyrrole nitrogens is 1. The van der Waals surface area contributed by atoms with Gasteiger partial charge in [-0.05, 0) is 24.1 Å². The Balaban J connectivity index is 2.30. The second-order valence-electron chi connectivity index (χ2n) is 5.64. The molecule has 2 aromatic heterocycles. The van der Waals surface area contributed by atoms with Crippen LogP contribution in [-0.2, 0) is 0 Å². The molecule has 6 nitrogen and oxygen atoms in total. The highest BCUT2D eigenvalue weighted by atomic mass is 35.5. The van der Waals surface area contributed by atoms with Crippen molar-refractivity contribution in [3.8, 4) is 11.4 Å². The number of hydrogen-bond donors (Lipinski definition) is 2. The SMILES string of the molecule is CC(C)c1c(C(=O)O)cn2nc(-c3ccc(F)c(Cl)c3)[nH]c(=O)c12. The van der Waals surface area contributed by atoms with Crippen molar-refractivity contribution < 1.29 is 14.3 Å². The van der Waals surface area contributed by atoms with E-state index in [4.69, 9.17) is 11.6 Å². The number of nitrogens with one attached hydrogen (secondary N) is 1. The molecule has 0 spiro atoms. The van der Waals surface area contributed by atoms with Gasteiger partial charge in [0, 0.05) is 17.3 Å². The fourth-order valence-corrected chi connectivity index (χ4v) is 2.82. The molecule has 0 radical (unpaired) electrons. The minimum atomic E-state index is -1.13. The first-order chi connectivity index (χ1) is 11.3. The summed E-state index contributed by atoms with van der Waals surface area (Å²) in [5.74, 6) is -1.72. The predicted molar refractivity (Wildman–Crippen MR) is 87.3 cm³/mol. The van der Waals surface area contributed by atoms with Gasteiger partial charge in [0.05, 0.1) is 10.6 Å². The first-order valence-corrected chi connectivity index (χ1v) is 7.51. The van der Waals surface area contributed by atoms with E-state index in [1.54, 1.807) is 13.8 Å². The van der Waals surface area contributed by atoms with Crippen molar-refractivity contribution in [3.05, 3.63) is 56.7 Å². The van der Waals surface area contributed by atoms with Crippen LogP contribution in [0, 0.1) is 5.82 Å². The van der Waals surface area contributed by atoms with E-state index >= 15 is 0 Å². The molecule has 0 bridgehead atoms. The van der Waals surface area contributed by atoms with Gasteiger partial charge in [0.15, 0.2) is 5.82 Å². The standard InChI is InChI=1S/C16H13ClFN3O3/c1-7(2)12-9(16(23)24)6-21-13(12)15(22)19-14(20-21)8-3-4-11(18)10(17)5-8/h3-7H,1-2H3,(H,23,24)(H,19,20,22). The van der Waals surface area contributed by atoms with Gasteiger partial charge in [-0.15, -0.1) is 5.10 Å². The third-order valence-electron chi connectivity index (χ3n) is 3.68. The van der Waals surface area contributed by atoms with Crippen LogP contribution in [0.1, 0.15) is 35.7 Å². The molecule has 124 valence electrons. The number of benzene rings is 1. The topological polar surface area (TPSA) is 87.5 Å². The number of aromatic amines is 1. The lowest BCUT2D eigenvalue weighted by Crippen LogP contribution is -2.15. The lowest BCUT2D eigenvalue weighted by Gasteiger charge is -2.06. The van der Waals surface area contributed by atoms with Crippen molar-refractivity contribution in [1.29, 1.82) is 0 Å². The largest absolute Gasteiger partial charge is 0.478 e. The van der Waals surface area contributed by atoms with Crippen LogP contribution in [-0.4, -0.2) is 25.7 Å². The molecule has 8 heteroatoms. The minimum absolute atomic E-state index is 0.0253. The Hall–Kier alpha value is -2.67. The molecule has 0 unspecified atom stereocenters. The van der Waals surface area contributed by atoms with Crippen molar-refractivity contribution in [3.63, 3.8) is 0 Å². The van der Waals surface area contributed by atoms with Crippen molar-refractivity contribution in [1.82, 2.24) is 14.6 Å².